The first-order valence-corrected chi connectivity index (χ1v) is 16.9. The molecule has 0 spiro atoms. The lowest BCUT2D eigenvalue weighted by atomic mass is 10.0. The number of H-pyrrole nitrogens is 1. The lowest BCUT2D eigenvalue weighted by molar-refractivity contribution is 0.536. The summed E-state index contributed by atoms with van der Waals surface area (Å²) < 4.78 is 0. The SMILES string of the molecule is CCCCCCCCCCCCCCCCN(c1cc(=O)[nH]nc1-c1cccs1)c1cccc2nc(CC)ccc12. The molecule has 0 saturated heterocycles. The Morgan fingerprint density at radius 1 is 0.756 bits per heavy atom. The number of aromatic amines is 1. The van der Waals surface area contributed by atoms with Crippen LogP contribution in [0.4, 0.5) is 11.4 Å². The van der Waals surface area contributed by atoms with E-state index in [-0.39, 0.29) is 5.56 Å². The van der Waals surface area contributed by atoms with Crippen LogP contribution in [0.25, 0.3) is 21.5 Å². The monoisotopic (exact) mass is 572 g/mol. The van der Waals surface area contributed by atoms with E-state index in [4.69, 9.17) is 4.98 Å². The minimum Gasteiger partial charge on any atom is -0.339 e. The molecule has 0 radical (unpaired) electrons. The maximum Gasteiger partial charge on any atom is 0.266 e. The predicted molar refractivity (Wildman–Crippen MR) is 177 cm³/mol. The highest BCUT2D eigenvalue weighted by Gasteiger charge is 2.20. The molecule has 0 saturated carbocycles. The fourth-order valence-electron chi connectivity index (χ4n) is 5.64. The van der Waals surface area contributed by atoms with Crippen molar-refractivity contribution < 1.29 is 0 Å². The highest BCUT2D eigenvalue weighted by atomic mass is 32.1. The molecule has 0 atom stereocenters. The van der Waals surface area contributed by atoms with E-state index in [1.807, 2.05) is 6.07 Å². The second kappa shape index (κ2) is 17.1. The normalized spacial score (nSPS) is 11.4. The van der Waals surface area contributed by atoms with Gasteiger partial charge in [0.25, 0.3) is 5.56 Å². The number of thiophene rings is 1. The number of fused-ring (bicyclic) bond motifs is 1. The molecule has 0 unspecified atom stereocenters. The number of benzene rings is 1. The molecule has 3 heterocycles. The zero-order valence-corrected chi connectivity index (χ0v) is 26.0. The van der Waals surface area contributed by atoms with Crippen molar-refractivity contribution in [2.75, 3.05) is 11.4 Å². The lowest BCUT2D eigenvalue weighted by Crippen LogP contribution is -2.23. The van der Waals surface area contributed by atoms with E-state index in [9.17, 15) is 4.79 Å². The molecule has 41 heavy (non-hydrogen) atoms. The molecule has 5 nitrogen and oxygen atoms in total. The summed E-state index contributed by atoms with van der Waals surface area (Å²) in [7, 11) is 0. The number of anilines is 2. The maximum atomic E-state index is 12.5. The van der Waals surface area contributed by atoms with Crippen molar-refractivity contribution in [2.24, 2.45) is 0 Å². The Kier molecular flexibility index (Phi) is 12.9. The summed E-state index contributed by atoms with van der Waals surface area (Å²) in [6.07, 6.45) is 19.6. The van der Waals surface area contributed by atoms with Crippen LogP contribution >= 0.6 is 11.3 Å². The van der Waals surface area contributed by atoms with Crippen molar-refractivity contribution in [1.82, 2.24) is 15.2 Å². The van der Waals surface area contributed by atoms with Crippen LogP contribution in [0.15, 0.2) is 58.7 Å². The molecule has 220 valence electrons. The van der Waals surface area contributed by atoms with E-state index in [0.717, 1.165) is 57.9 Å². The summed E-state index contributed by atoms with van der Waals surface area (Å²) in [6, 6.07) is 16.4. The van der Waals surface area contributed by atoms with Crippen molar-refractivity contribution in [1.29, 1.82) is 0 Å². The number of aromatic nitrogens is 3. The van der Waals surface area contributed by atoms with Gasteiger partial charge in [-0.1, -0.05) is 109 Å². The number of rotatable bonds is 19. The van der Waals surface area contributed by atoms with Crippen molar-refractivity contribution in [3.8, 4) is 10.6 Å². The standard InChI is InChI=1S/C35H48N4OS/c1-3-5-6-7-8-9-10-11-12-13-14-15-16-17-25-39(31-21-18-20-30-29(31)24-23-28(4-2)36-30)32-27-34(40)37-38-35(32)33-22-19-26-41-33/h18-24,26-27H,3-17,25H2,1-2H3,(H,37,40). The molecule has 3 aromatic heterocycles. The Morgan fingerprint density at radius 3 is 2.07 bits per heavy atom. The van der Waals surface area contributed by atoms with Crippen molar-refractivity contribution in [3.05, 3.63) is 70.0 Å². The molecule has 0 amide bonds. The number of unbranched alkanes of at least 4 members (excludes halogenated alkanes) is 13. The van der Waals surface area contributed by atoms with Crippen molar-refractivity contribution in [3.63, 3.8) is 0 Å². The summed E-state index contributed by atoms with van der Waals surface area (Å²) in [6.45, 7) is 5.25. The molecule has 0 bridgehead atoms. The van der Waals surface area contributed by atoms with E-state index < -0.39 is 0 Å². The number of nitrogens with zero attached hydrogens (tertiary/aromatic N) is 3. The summed E-state index contributed by atoms with van der Waals surface area (Å²) in [5, 5.41) is 10.3. The van der Waals surface area contributed by atoms with Crippen LogP contribution in [0.2, 0.25) is 0 Å². The van der Waals surface area contributed by atoms with Gasteiger partial charge in [-0.2, -0.15) is 5.10 Å². The summed E-state index contributed by atoms with van der Waals surface area (Å²) in [4.78, 5) is 20.8. The van der Waals surface area contributed by atoms with Gasteiger partial charge in [0.15, 0.2) is 0 Å². The van der Waals surface area contributed by atoms with Gasteiger partial charge in [0.2, 0.25) is 0 Å². The van der Waals surface area contributed by atoms with Crippen LogP contribution in [-0.4, -0.2) is 21.7 Å². The highest BCUT2D eigenvalue weighted by molar-refractivity contribution is 7.13. The minimum absolute atomic E-state index is 0.183. The van der Waals surface area contributed by atoms with E-state index in [2.05, 4.69) is 70.7 Å². The Morgan fingerprint density at radius 2 is 1.44 bits per heavy atom. The van der Waals surface area contributed by atoms with E-state index in [1.54, 1.807) is 17.4 Å². The number of hydrogen-bond donors (Lipinski definition) is 1. The molecule has 0 fully saturated rings. The molecule has 6 heteroatoms. The zero-order valence-electron chi connectivity index (χ0n) is 25.2. The van der Waals surface area contributed by atoms with Gasteiger partial charge in [-0.15, -0.1) is 11.3 Å². The number of nitrogens with one attached hydrogen (secondary N) is 1. The number of hydrogen-bond acceptors (Lipinski definition) is 5. The second-order valence-electron chi connectivity index (χ2n) is 11.2. The molecule has 0 aliphatic carbocycles. The maximum absolute atomic E-state index is 12.5. The van der Waals surface area contributed by atoms with Crippen LogP contribution in [-0.2, 0) is 6.42 Å². The smallest absolute Gasteiger partial charge is 0.266 e. The third-order valence-corrected chi connectivity index (χ3v) is 8.87. The molecule has 1 aromatic carbocycles. The fraction of sp³-hybridized carbons (Fsp3) is 0.514. The van der Waals surface area contributed by atoms with Crippen LogP contribution < -0.4 is 10.5 Å². The molecule has 0 aliphatic rings. The Bertz CT molecular complexity index is 1360. The summed E-state index contributed by atoms with van der Waals surface area (Å²) >= 11 is 1.64. The first kappa shape index (κ1) is 31.0. The molecule has 4 aromatic rings. The second-order valence-corrected chi connectivity index (χ2v) is 12.1. The topological polar surface area (TPSA) is 61.9 Å². The van der Waals surface area contributed by atoms with Gasteiger partial charge >= 0.3 is 0 Å². The first-order valence-electron chi connectivity index (χ1n) is 16.0. The molecular weight excluding hydrogens is 524 g/mol. The zero-order chi connectivity index (χ0) is 28.7. The fourth-order valence-corrected chi connectivity index (χ4v) is 6.36. The predicted octanol–water partition coefficient (Wildman–Crippen LogP) is 10.2. The highest BCUT2D eigenvalue weighted by Crippen LogP contribution is 2.37. The van der Waals surface area contributed by atoms with Gasteiger partial charge in [0.05, 0.1) is 21.8 Å². The van der Waals surface area contributed by atoms with Crippen molar-refractivity contribution >= 4 is 33.6 Å². The first-order chi connectivity index (χ1) is 20.2. The van der Waals surface area contributed by atoms with E-state index in [1.165, 1.54) is 83.5 Å². The molecule has 0 aliphatic heterocycles. The number of pyridine rings is 1. The molecule has 4 rings (SSSR count). The third kappa shape index (κ3) is 9.26. The molecular formula is C35H48N4OS. The van der Waals surface area contributed by atoms with Crippen molar-refractivity contribution in [2.45, 2.75) is 110 Å². The van der Waals surface area contributed by atoms with Crippen LogP contribution in [0, 0.1) is 0 Å². The van der Waals surface area contributed by atoms with Gasteiger partial charge in [-0.05, 0) is 48.6 Å². The van der Waals surface area contributed by atoms with Gasteiger partial charge in [0, 0.05) is 23.7 Å². The van der Waals surface area contributed by atoms with Gasteiger partial charge in [-0.25, -0.2) is 5.10 Å². The minimum atomic E-state index is -0.183. The molecule has 1 N–H and O–H groups in total. The van der Waals surface area contributed by atoms with Crippen LogP contribution in [0.1, 0.15) is 109 Å². The quantitative estimate of drug-likeness (QED) is 0.114. The lowest BCUT2D eigenvalue weighted by Gasteiger charge is -2.27. The van der Waals surface area contributed by atoms with E-state index in [0.29, 0.717) is 0 Å². The summed E-state index contributed by atoms with van der Waals surface area (Å²) in [5.41, 5.74) is 4.65. The Hall–Kier alpha value is -2.99. The third-order valence-electron chi connectivity index (χ3n) is 7.99. The van der Waals surface area contributed by atoms with E-state index >= 15 is 0 Å². The Balaban J connectivity index is 1.39. The van der Waals surface area contributed by atoms with Crippen LogP contribution in [0.3, 0.4) is 0 Å². The van der Waals surface area contributed by atoms with Crippen LogP contribution in [0.5, 0.6) is 0 Å². The van der Waals surface area contributed by atoms with Gasteiger partial charge < -0.3 is 4.90 Å². The van der Waals surface area contributed by atoms with Gasteiger partial charge in [-0.3, -0.25) is 9.78 Å². The average Bonchev–Trinajstić information content (AvgIpc) is 3.54. The summed E-state index contributed by atoms with van der Waals surface area (Å²) in [5.74, 6) is 0. The Labute approximate surface area is 250 Å². The average molecular weight is 573 g/mol. The number of aryl methyl sites for hydroxylation is 1. The van der Waals surface area contributed by atoms with Gasteiger partial charge in [0.1, 0.15) is 5.69 Å². The largest absolute Gasteiger partial charge is 0.339 e.